The standard InChI is InChI=1S/C20H23N3O4/c1-21(16-8-10-17(11-9-16)23(25)26)20(24)14-22-12-4-7-19(22)15-5-3-6-18(13-15)27-2/h3,5-6,8-11,13,19H,4,7,12,14H2,1-2H3/t19-/m0/s1. The van der Waals surface area contributed by atoms with Gasteiger partial charge in [0.05, 0.1) is 18.6 Å². The lowest BCUT2D eigenvalue weighted by molar-refractivity contribution is -0.384. The predicted octanol–water partition coefficient (Wildman–Crippen LogP) is 3.40. The van der Waals surface area contributed by atoms with E-state index in [9.17, 15) is 14.9 Å². The number of hydrogen-bond acceptors (Lipinski definition) is 5. The van der Waals surface area contributed by atoms with Crippen molar-refractivity contribution in [2.45, 2.75) is 18.9 Å². The molecule has 1 aliphatic rings. The second-order valence-corrected chi connectivity index (χ2v) is 6.63. The zero-order valence-electron chi connectivity index (χ0n) is 15.5. The summed E-state index contributed by atoms with van der Waals surface area (Å²) in [5, 5.41) is 10.8. The number of nitrogens with zero attached hydrogens (tertiary/aromatic N) is 3. The Balaban J connectivity index is 1.69. The maximum absolute atomic E-state index is 12.7. The van der Waals surface area contributed by atoms with Gasteiger partial charge < -0.3 is 9.64 Å². The molecule has 0 unspecified atom stereocenters. The molecule has 1 saturated heterocycles. The number of nitro benzene ring substituents is 1. The van der Waals surface area contributed by atoms with Crippen LogP contribution in [0.5, 0.6) is 5.75 Å². The number of hydrogen-bond donors (Lipinski definition) is 0. The van der Waals surface area contributed by atoms with Crippen LogP contribution in [0.15, 0.2) is 48.5 Å². The topological polar surface area (TPSA) is 75.9 Å². The number of carbonyl (C=O) groups excluding carboxylic acids is 1. The molecule has 0 aromatic heterocycles. The highest BCUT2D eigenvalue weighted by molar-refractivity contribution is 5.94. The number of non-ortho nitro benzene ring substituents is 1. The lowest BCUT2D eigenvalue weighted by Crippen LogP contribution is -2.38. The van der Waals surface area contributed by atoms with Crippen LogP contribution in [0.3, 0.4) is 0 Å². The van der Waals surface area contributed by atoms with Gasteiger partial charge in [-0.15, -0.1) is 0 Å². The third-order valence-electron chi connectivity index (χ3n) is 5.00. The Kier molecular flexibility index (Phi) is 5.71. The molecule has 1 fully saturated rings. The van der Waals surface area contributed by atoms with Crippen LogP contribution >= 0.6 is 0 Å². The molecule has 2 aromatic carbocycles. The van der Waals surface area contributed by atoms with Crippen LogP contribution in [0.2, 0.25) is 0 Å². The van der Waals surface area contributed by atoms with Crippen LogP contribution in [0, 0.1) is 10.1 Å². The molecule has 0 radical (unpaired) electrons. The van der Waals surface area contributed by atoms with Crippen molar-refractivity contribution in [2.75, 3.05) is 32.1 Å². The van der Waals surface area contributed by atoms with Crippen LogP contribution in [0.25, 0.3) is 0 Å². The van der Waals surface area contributed by atoms with Gasteiger partial charge in [0.25, 0.3) is 5.69 Å². The smallest absolute Gasteiger partial charge is 0.269 e. The second-order valence-electron chi connectivity index (χ2n) is 6.63. The molecule has 142 valence electrons. The predicted molar refractivity (Wildman–Crippen MR) is 103 cm³/mol. The summed E-state index contributed by atoms with van der Waals surface area (Å²) >= 11 is 0. The largest absolute Gasteiger partial charge is 0.497 e. The number of ether oxygens (including phenoxy) is 1. The first kappa shape index (κ1) is 18.8. The summed E-state index contributed by atoms with van der Waals surface area (Å²) in [6.07, 6.45) is 2.04. The number of nitro groups is 1. The molecule has 7 heteroatoms. The SMILES string of the molecule is COc1cccc([C@@H]2CCCN2CC(=O)N(C)c2ccc([N+](=O)[O-])cc2)c1. The molecule has 0 spiro atoms. The van der Waals surface area contributed by atoms with E-state index >= 15 is 0 Å². The maximum atomic E-state index is 12.7. The lowest BCUT2D eigenvalue weighted by atomic mass is 10.0. The number of likely N-dealkylation sites (tertiary alicyclic amines) is 1. The molecule has 1 aliphatic heterocycles. The quantitative estimate of drug-likeness (QED) is 0.576. The van der Waals surface area contributed by atoms with Gasteiger partial charge in [0.2, 0.25) is 5.91 Å². The summed E-state index contributed by atoms with van der Waals surface area (Å²) in [5.74, 6) is 0.771. The lowest BCUT2D eigenvalue weighted by Gasteiger charge is -2.27. The van der Waals surface area contributed by atoms with Crippen molar-refractivity contribution in [1.29, 1.82) is 0 Å². The molecule has 0 N–H and O–H groups in total. The van der Waals surface area contributed by atoms with Crippen LogP contribution in [0.4, 0.5) is 11.4 Å². The van der Waals surface area contributed by atoms with Crippen molar-refractivity contribution in [3.05, 3.63) is 64.2 Å². The Morgan fingerprint density at radius 2 is 2.04 bits per heavy atom. The highest BCUT2D eigenvalue weighted by Crippen LogP contribution is 2.33. The molecular formula is C20H23N3O4. The molecule has 3 rings (SSSR count). The van der Waals surface area contributed by atoms with E-state index in [1.807, 2.05) is 18.2 Å². The van der Waals surface area contributed by atoms with Gasteiger partial charge in [-0.05, 0) is 49.2 Å². The minimum atomic E-state index is -0.450. The van der Waals surface area contributed by atoms with Crippen molar-refractivity contribution >= 4 is 17.3 Å². The van der Waals surface area contributed by atoms with E-state index in [1.54, 1.807) is 31.2 Å². The summed E-state index contributed by atoms with van der Waals surface area (Å²) in [6.45, 7) is 1.16. The van der Waals surface area contributed by atoms with Crippen molar-refractivity contribution in [1.82, 2.24) is 4.90 Å². The van der Waals surface area contributed by atoms with E-state index in [1.165, 1.54) is 12.1 Å². The maximum Gasteiger partial charge on any atom is 0.269 e. The van der Waals surface area contributed by atoms with E-state index < -0.39 is 4.92 Å². The van der Waals surface area contributed by atoms with Crippen molar-refractivity contribution < 1.29 is 14.5 Å². The fourth-order valence-electron chi connectivity index (χ4n) is 3.46. The first-order chi connectivity index (χ1) is 13.0. The fraction of sp³-hybridized carbons (Fsp3) is 0.350. The number of likely N-dealkylation sites (N-methyl/N-ethyl adjacent to an activating group) is 1. The van der Waals surface area contributed by atoms with E-state index in [2.05, 4.69) is 11.0 Å². The summed E-state index contributed by atoms with van der Waals surface area (Å²) in [6, 6.07) is 14.2. The third-order valence-corrected chi connectivity index (χ3v) is 5.00. The number of carbonyl (C=O) groups is 1. The van der Waals surface area contributed by atoms with E-state index in [4.69, 9.17) is 4.74 Å². The average molecular weight is 369 g/mol. The van der Waals surface area contributed by atoms with Crippen LogP contribution < -0.4 is 9.64 Å². The Morgan fingerprint density at radius 1 is 1.30 bits per heavy atom. The minimum absolute atomic E-state index is 0.0113. The normalized spacial score (nSPS) is 16.9. The fourth-order valence-corrected chi connectivity index (χ4v) is 3.46. The molecule has 0 bridgehead atoms. The highest BCUT2D eigenvalue weighted by Gasteiger charge is 2.29. The summed E-state index contributed by atoms with van der Waals surface area (Å²) in [4.78, 5) is 26.8. The van der Waals surface area contributed by atoms with E-state index in [0.717, 1.165) is 30.7 Å². The van der Waals surface area contributed by atoms with Gasteiger partial charge in [-0.25, -0.2) is 0 Å². The van der Waals surface area contributed by atoms with Gasteiger partial charge >= 0.3 is 0 Å². The summed E-state index contributed by atoms with van der Waals surface area (Å²) in [7, 11) is 3.34. The number of benzene rings is 2. The monoisotopic (exact) mass is 369 g/mol. The highest BCUT2D eigenvalue weighted by atomic mass is 16.6. The number of amides is 1. The third kappa shape index (κ3) is 4.25. The van der Waals surface area contributed by atoms with Gasteiger partial charge in [-0.1, -0.05) is 12.1 Å². The van der Waals surface area contributed by atoms with Crippen molar-refractivity contribution in [2.24, 2.45) is 0 Å². The number of anilines is 1. The van der Waals surface area contributed by atoms with Gasteiger partial charge in [-0.3, -0.25) is 19.8 Å². The van der Waals surface area contributed by atoms with Crippen molar-refractivity contribution in [3.63, 3.8) is 0 Å². The molecule has 0 saturated carbocycles. The molecule has 7 nitrogen and oxygen atoms in total. The Labute approximate surface area is 158 Å². The van der Waals surface area contributed by atoms with Crippen LogP contribution in [-0.2, 0) is 4.79 Å². The summed E-state index contributed by atoms with van der Waals surface area (Å²) < 4.78 is 5.31. The molecular weight excluding hydrogens is 346 g/mol. The zero-order valence-corrected chi connectivity index (χ0v) is 15.5. The van der Waals surface area contributed by atoms with Crippen LogP contribution in [-0.4, -0.2) is 43.0 Å². The Morgan fingerprint density at radius 3 is 2.70 bits per heavy atom. The molecule has 1 amide bonds. The molecule has 2 aromatic rings. The first-order valence-electron chi connectivity index (χ1n) is 8.88. The molecule has 1 heterocycles. The van der Waals surface area contributed by atoms with E-state index in [-0.39, 0.29) is 17.6 Å². The average Bonchev–Trinajstić information content (AvgIpc) is 3.15. The first-order valence-corrected chi connectivity index (χ1v) is 8.88. The molecule has 1 atom stereocenters. The van der Waals surface area contributed by atoms with Gasteiger partial charge in [0, 0.05) is 30.9 Å². The van der Waals surface area contributed by atoms with Gasteiger partial charge in [0.1, 0.15) is 5.75 Å². The zero-order chi connectivity index (χ0) is 19.4. The van der Waals surface area contributed by atoms with Gasteiger partial charge in [-0.2, -0.15) is 0 Å². The van der Waals surface area contributed by atoms with E-state index in [0.29, 0.717) is 12.2 Å². The Bertz CT molecular complexity index is 822. The molecule has 0 aliphatic carbocycles. The van der Waals surface area contributed by atoms with Crippen LogP contribution in [0.1, 0.15) is 24.4 Å². The molecule has 27 heavy (non-hydrogen) atoms. The number of rotatable bonds is 6. The van der Waals surface area contributed by atoms with Gasteiger partial charge in [0.15, 0.2) is 0 Å². The summed E-state index contributed by atoms with van der Waals surface area (Å²) in [5.41, 5.74) is 1.80. The minimum Gasteiger partial charge on any atom is -0.497 e. The van der Waals surface area contributed by atoms with Crippen molar-refractivity contribution in [3.8, 4) is 5.75 Å². The Hall–Kier alpha value is -2.93. The number of methoxy groups -OCH3 is 1. The second kappa shape index (κ2) is 8.18.